The van der Waals surface area contributed by atoms with E-state index < -0.39 is 0 Å². The van der Waals surface area contributed by atoms with Crippen LogP contribution < -0.4 is 5.73 Å². The number of likely N-dealkylation sites (N-methyl/N-ethyl adjacent to an activating group) is 2. The van der Waals surface area contributed by atoms with Crippen molar-refractivity contribution in [3.8, 4) is 0 Å². The lowest BCUT2D eigenvalue weighted by atomic mass is 10.0. The number of likely N-dealkylation sites (tertiary alicyclic amines) is 1. The second-order valence-corrected chi connectivity index (χ2v) is 5.22. The topological polar surface area (TPSA) is 49.6 Å². The molecule has 0 bridgehead atoms. The summed E-state index contributed by atoms with van der Waals surface area (Å²) >= 11 is 0. The van der Waals surface area contributed by atoms with Crippen LogP contribution in [-0.4, -0.2) is 55.5 Å². The maximum atomic E-state index is 12.2. The maximum absolute atomic E-state index is 12.2. The van der Waals surface area contributed by atoms with Crippen LogP contribution in [-0.2, 0) is 4.79 Å². The van der Waals surface area contributed by atoms with Crippen molar-refractivity contribution in [2.24, 2.45) is 11.7 Å². The first-order valence-corrected chi connectivity index (χ1v) is 6.75. The molecule has 0 radical (unpaired) electrons. The average Bonchev–Trinajstić information content (AvgIpc) is 2.71. The van der Waals surface area contributed by atoms with E-state index in [1.54, 1.807) is 0 Å². The third-order valence-corrected chi connectivity index (χ3v) is 3.80. The molecular weight excluding hydrogens is 214 g/mol. The van der Waals surface area contributed by atoms with E-state index in [4.69, 9.17) is 5.73 Å². The SMILES string of the molecule is CCCC(CN)C(=O)N(C)CC1CCCN1C. The van der Waals surface area contributed by atoms with Gasteiger partial charge in [-0.25, -0.2) is 0 Å². The van der Waals surface area contributed by atoms with Crippen LogP contribution in [0.3, 0.4) is 0 Å². The summed E-state index contributed by atoms with van der Waals surface area (Å²) in [5.41, 5.74) is 5.68. The van der Waals surface area contributed by atoms with Crippen LogP contribution in [0, 0.1) is 5.92 Å². The van der Waals surface area contributed by atoms with E-state index in [0.717, 1.165) is 25.9 Å². The molecule has 1 aliphatic heterocycles. The molecule has 1 rings (SSSR count). The summed E-state index contributed by atoms with van der Waals surface area (Å²) < 4.78 is 0. The summed E-state index contributed by atoms with van der Waals surface area (Å²) in [5, 5.41) is 0. The molecule has 2 unspecified atom stereocenters. The largest absolute Gasteiger partial charge is 0.344 e. The minimum atomic E-state index is 0.0108. The monoisotopic (exact) mass is 241 g/mol. The van der Waals surface area contributed by atoms with Crippen LogP contribution in [0.1, 0.15) is 32.6 Å². The zero-order valence-electron chi connectivity index (χ0n) is 11.5. The Bertz CT molecular complexity index is 245. The summed E-state index contributed by atoms with van der Waals surface area (Å²) in [7, 11) is 4.05. The molecule has 0 aromatic rings. The van der Waals surface area contributed by atoms with E-state index in [-0.39, 0.29) is 11.8 Å². The highest BCUT2D eigenvalue weighted by Crippen LogP contribution is 2.17. The van der Waals surface area contributed by atoms with Gasteiger partial charge >= 0.3 is 0 Å². The van der Waals surface area contributed by atoms with E-state index in [0.29, 0.717) is 12.6 Å². The highest BCUT2D eigenvalue weighted by atomic mass is 16.2. The van der Waals surface area contributed by atoms with Crippen LogP contribution in [0.25, 0.3) is 0 Å². The van der Waals surface area contributed by atoms with Gasteiger partial charge in [0.25, 0.3) is 0 Å². The first-order valence-electron chi connectivity index (χ1n) is 6.75. The van der Waals surface area contributed by atoms with Gasteiger partial charge in [-0.1, -0.05) is 13.3 Å². The zero-order valence-corrected chi connectivity index (χ0v) is 11.5. The third kappa shape index (κ3) is 3.96. The highest BCUT2D eigenvalue weighted by Gasteiger charge is 2.26. The number of hydrogen-bond donors (Lipinski definition) is 1. The van der Waals surface area contributed by atoms with Crippen LogP contribution in [0.5, 0.6) is 0 Å². The van der Waals surface area contributed by atoms with Gasteiger partial charge in [0.2, 0.25) is 5.91 Å². The number of carbonyl (C=O) groups is 1. The molecule has 17 heavy (non-hydrogen) atoms. The molecule has 0 aliphatic carbocycles. The molecule has 2 atom stereocenters. The molecule has 4 nitrogen and oxygen atoms in total. The fourth-order valence-electron chi connectivity index (χ4n) is 2.62. The van der Waals surface area contributed by atoms with Crippen molar-refractivity contribution in [1.82, 2.24) is 9.80 Å². The molecule has 4 heteroatoms. The Balaban J connectivity index is 2.45. The number of nitrogens with zero attached hydrogens (tertiary/aromatic N) is 2. The van der Waals surface area contributed by atoms with Gasteiger partial charge in [-0.3, -0.25) is 4.79 Å². The molecule has 100 valence electrons. The predicted octanol–water partition coefficient (Wildman–Crippen LogP) is 0.914. The second kappa shape index (κ2) is 6.97. The van der Waals surface area contributed by atoms with E-state index in [9.17, 15) is 4.79 Å². The molecule has 2 N–H and O–H groups in total. The van der Waals surface area contributed by atoms with Crippen molar-refractivity contribution in [3.63, 3.8) is 0 Å². The third-order valence-electron chi connectivity index (χ3n) is 3.80. The smallest absolute Gasteiger partial charge is 0.226 e. The number of hydrogen-bond acceptors (Lipinski definition) is 3. The van der Waals surface area contributed by atoms with E-state index in [1.807, 2.05) is 11.9 Å². The van der Waals surface area contributed by atoms with Crippen molar-refractivity contribution in [1.29, 1.82) is 0 Å². The lowest BCUT2D eigenvalue weighted by Crippen LogP contribution is -2.43. The summed E-state index contributed by atoms with van der Waals surface area (Å²) in [5.74, 6) is 0.228. The molecule has 0 spiro atoms. The van der Waals surface area contributed by atoms with Gasteiger partial charge in [-0.05, 0) is 32.9 Å². The molecule has 0 aromatic carbocycles. The normalized spacial score (nSPS) is 22.7. The van der Waals surface area contributed by atoms with Gasteiger partial charge in [0.1, 0.15) is 0 Å². The Kier molecular flexibility index (Phi) is 5.92. The fourth-order valence-corrected chi connectivity index (χ4v) is 2.62. The number of nitrogens with two attached hydrogens (primary N) is 1. The molecule has 1 fully saturated rings. The lowest BCUT2D eigenvalue weighted by Gasteiger charge is -2.28. The van der Waals surface area contributed by atoms with Gasteiger partial charge in [0.15, 0.2) is 0 Å². The Morgan fingerprint density at radius 1 is 1.59 bits per heavy atom. The van der Waals surface area contributed by atoms with Crippen LogP contribution in [0.15, 0.2) is 0 Å². The Labute approximate surface area is 105 Å². The number of carbonyl (C=O) groups excluding carboxylic acids is 1. The first-order chi connectivity index (χ1) is 8.10. The molecule has 1 saturated heterocycles. The van der Waals surface area contributed by atoms with E-state index >= 15 is 0 Å². The van der Waals surface area contributed by atoms with Gasteiger partial charge in [-0.15, -0.1) is 0 Å². The number of amides is 1. The quantitative estimate of drug-likeness (QED) is 0.752. The number of rotatable bonds is 6. The Hall–Kier alpha value is -0.610. The molecule has 0 aromatic heterocycles. The zero-order chi connectivity index (χ0) is 12.8. The Morgan fingerprint density at radius 2 is 2.29 bits per heavy atom. The summed E-state index contributed by atoms with van der Waals surface area (Å²) in [6.45, 7) is 4.57. The van der Waals surface area contributed by atoms with E-state index in [1.165, 1.54) is 12.8 Å². The van der Waals surface area contributed by atoms with Gasteiger partial charge in [0.05, 0.1) is 5.92 Å². The molecule has 1 heterocycles. The van der Waals surface area contributed by atoms with Gasteiger partial charge < -0.3 is 15.5 Å². The van der Waals surface area contributed by atoms with Crippen molar-refractivity contribution in [3.05, 3.63) is 0 Å². The van der Waals surface area contributed by atoms with Crippen molar-refractivity contribution >= 4 is 5.91 Å². The summed E-state index contributed by atoms with van der Waals surface area (Å²) in [6, 6.07) is 0.531. The standard InChI is InChI=1S/C13H27N3O/c1-4-6-11(9-14)13(17)16(3)10-12-7-5-8-15(12)2/h11-12H,4-10,14H2,1-3H3. The fraction of sp³-hybridized carbons (Fsp3) is 0.923. The van der Waals surface area contributed by atoms with Gasteiger partial charge in [0, 0.05) is 26.2 Å². The Morgan fingerprint density at radius 3 is 2.76 bits per heavy atom. The summed E-state index contributed by atoms with van der Waals surface area (Å²) in [6.07, 6.45) is 4.37. The van der Waals surface area contributed by atoms with Crippen molar-refractivity contribution < 1.29 is 4.79 Å². The summed E-state index contributed by atoms with van der Waals surface area (Å²) in [4.78, 5) is 16.4. The molecular formula is C13H27N3O. The second-order valence-electron chi connectivity index (χ2n) is 5.22. The first kappa shape index (κ1) is 14.5. The average molecular weight is 241 g/mol. The van der Waals surface area contributed by atoms with Crippen LogP contribution in [0.4, 0.5) is 0 Å². The van der Waals surface area contributed by atoms with Gasteiger partial charge in [-0.2, -0.15) is 0 Å². The van der Waals surface area contributed by atoms with Crippen LogP contribution >= 0.6 is 0 Å². The highest BCUT2D eigenvalue weighted by molar-refractivity contribution is 5.78. The van der Waals surface area contributed by atoms with Crippen LogP contribution in [0.2, 0.25) is 0 Å². The van der Waals surface area contributed by atoms with Crippen molar-refractivity contribution in [2.75, 3.05) is 33.7 Å². The van der Waals surface area contributed by atoms with E-state index in [2.05, 4.69) is 18.9 Å². The minimum absolute atomic E-state index is 0.0108. The predicted molar refractivity (Wildman–Crippen MR) is 70.7 cm³/mol. The molecule has 1 aliphatic rings. The minimum Gasteiger partial charge on any atom is -0.344 e. The lowest BCUT2D eigenvalue weighted by molar-refractivity contribution is -0.134. The van der Waals surface area contributed by atoms with Crippen molar-refractivity contribution in [2.45, 2.75) is 38.6 Å². The molecule has 1 amide bonds. The maximum Gasteiger partial charge on any atom is 0.226 e. The molecule has 0 saturated carbocycles.